The number of hydrogen-bond donors (Lipinski definition) is 0. The summed E-state index contributed by atoms with van der Waals surface area (Å²) in [4.78, 5) is 38.0. The number of rotatable bonds is 53. The van der Waals surface area contributed by atoms with Crippen LogP contribution >= 0.6 is 0 Å². The number of esters is 3. The van der Waals surface area contributed by atoms with E-state index in [1.165, 1.54) is 231 Å². The summed E-state index contributed by atoms with van der Waals surface area (Å²) >= 11 is 0. The fourth-order valence-electron chi connectivity index (χ4n) is 8.80. The largest absolute Gasteiger partial charge is 0.462 e. The van der Waals surface area contributed by atoms with Gasteiger partial charge in [-0.1, -0.05) is 290 Å². The number of carbonyl (C=O) groups is 3. The molecule has 0 unspecified atom stereocenters. The monoisotopic (exact) mass is 891 g/mol. The van der Waals surface area contributed by atoms with Crippen LogP contribution < -0.4 is 0 Å². The molecule has 0 aliphatic carbocycles. The second-order valence-corrected chi connectivity index (χ2v) is 19.6. The van der Waals surface area contributed by atoms with Crippen LogP contribution in [0, 0.1) is 0 Å². The zero-order valence-corrected chi connectivity index (χ0v) is 42.9. The molecule has 0 saturated heterocycles. The van der Waals surface area contributed by atoms with E-state index >= 15 is 0 Å². The number of hydrogen-bond acceptors (Lipinski definition) is 6. The normalized spacial score (nSPS) is 11.9. The van der Waals surface area contributed by atoms with Gasteiger partial charge in [-0.2, -0.15) is 0 Å². The maximum Gasteiger partial charge on any atom is 0.306 e. The van der Waals surface area contributed by atoms with Crippen LogP contribution in [0.25, 0.3) is 0 Å². The quantitative estimate of drug-likeness (QED) is 0.0344. The first-order valence-electron chi connectivity index (χ1n) is 28.5. The third-order valence-corrected chi connectivity index (χ3v) is 13.1. The van der Waals surface area contributed by atoms with E-state index < -0.39 is 6.10 Å². The summed E-state index contributed by atoms with van der Waals surface area (Å²) in [5.41, 5.74) is 0. The second-order valence-electron chi connectivity index (χ2n) is 19.6. The van der Waals surface area contributed by atoms with Gasteiger partial charge in [0.1, 0.15) is 13.2 Å². The lowest BCUT2D eigenvalue weighted by atomic mass is 10.0. The molecule has 0 heterocycles. The lowest BCUT2D eigenvalue weighted by molar-refractivity contribution is -0.167. The van der Waals surface area contributed by atoms with Crippen molar-refractivity contribution in [3.05, 3.63) is 0 Å². The Morgan fingerprint density at radius 3 is 0.635 bits per heavy atom. The second kappa shape index (κ2) is 53.0. The van der Waals surface area contributed by atoms with Gasteiger partial charge in [-0.05, 0) is 19.3 Å². The molecule has 0 rings (SSSR count). The highest BCUT2D eigenvalue weighted by Gasteiger charge is 2.19. The van der Waals surface area contributed by atoms with Gasteiger partial charge in [0.25, 0.3) is 0 Å². The highest BCUT2D eigenvalue weighted by atomic mass is 16.6. The summed E-state index contributed by atoms with van der Waals surface area (Å²) in [5, 5.41) is 0. The summed E-state index contributed by atoms with van der Waals surface area (Å²) < 4.78 is 16.8. The van der Waals surface area contributed by atoms with Gasteiger partial charge in [0.2, 0.25) is 0 Å². The van der Waals surface area contributed by atoms with E-state index in [4.69, 9.17) is 14.2 Å². The molecule has 0 spiro atoms. The molecule has 0 radical (unpaired) electrons. The minimum Gasteiger partial charge on any atom is -0.462 e. The minimum atomic E-state index is -0.760. The standard InChI is InChI=1S/C57H110O6/c1-4-7-10-13-16-19-22-24-25-26-27-28-29-30-31-33-35-38-41-44-47-50-56(59)62-53-54(52-61-55(58)49-46-43-40-37-34-21-18-15-12-9-6-3)63-57(60)51-48-45-42-39-36-32-23-20-17-14-11-8-5-2/h54H,4-53H2,1-3H3/t54-/m0/s1. The zero-order chi connectivity index (χ0) is 45.8. The molecule has 0 saturated carbocycles. The molecule has 63 heavy (non-hydrogen) atoms. The lowest BCUT2D eigenvalue weighted by Crippen LogP contribution is -2.30. The van der Waals surface area contributed by atoms with Gasteiger partial charge in [-0.25, -0.2) is 0 Å². The van der Waals surface area contributed by atoms with Crippen LogP contribution in [0.4, 0.5) is 0 Å². The van der Waals surface area contributed by atoms with E-state index in [1.54, 1.807) is 0 Å². The molecule has 0 aromatic rings. The molecule has 0 aliphatic heterocycles. The molecule has 0 aromatic carbocycles. The first-order chi connectivity index (χ1) is 31.0. The van der Waals surface area contributed by atoms with E-state index in [0.29, 0.717) is 19.3 Å². The molecule has 0 N–H and O–H groups in total. The molecular weight excluding hydrogens is 781 g/mol. The van der Waals surface area contributed by atoms with E-state index in [-0.39, 0.29) is 31.1 Å². The zero-order valence-electron chi connectivity index (χ0n) is 42.9. The van der Waals surface area contributed by atoms with Gasteiger partial charge < -0.3 is 14.2 Å². The van der Waals surface area contributed by atoms with Gasteiger partial charge in [-0.3, -0.25) is 14.4 Å². The first-order valence-corrected chi connectivity index (χ1v) is 28.5. The molecule has 1 atom stereocenters. The SMILES string of the molecule is CCCCCCCCCCCCCCCCCCCCCCCC(=O)OC[C@H](COC(=O)CCCCCCCCCCCCC)OC(=O)CCCCCCCCCCCCCCC. The maximum absolute atomic E-state index is 12.8. The number of unbranched alkanes of at least 4 members (excludes halogenated alkanes) is 42. The highest BCUT2D eigenvalue weighted by molar-refractivity contribution is 5.71. The lowest BCUT2D eigenvalue weighted by Gasteiger charge is -2.18. The third-order valence-electron chi connectivity index (χ3n) is 13.1. The Kier molecular flexibility index (Phi) is 51.7. The summed E-state index contributed by atoms with van der Waals surface area (Å²) in [6.45, 7) is 6.69. The molecule has 0 bridgehead atoms. The van der Waals surface area contributed by atoms with Crippen LogP contribution in [0.15, 0.2) is 0 Å². The fraction of sp³-hybridized carbons (Fsp3) is 0.947. The van der Waals surface area contributed by atoms with Crippen molar-refractivity contribution in [2.24, 2.45) is 0 Å². The van der Waals surface area contributed by atoms with Gasteiger partial charge in [0.15, 0.2) is 6.10 Å². The Hall–Kier alpha value is -1.59. The van der Waals surface area contributed by atoms with Crippen molar-refractivity contribution in [2.75, 3.05) is 13.2 Å². The van der Waals surface area contributed by atoms with E-state index in [0.717, 1.165) is 57.8 Å². The molecular formula is C57H110O6. The summed E-state index contributed by atoms with van der Waals surface area (Å²) in [7, 11) is 0. The van der Waals surface area contributed by atoms with E-state index in [1.807, 2.05) is 0 Å². The van der Waals surface area contributed by atoms with Gasteiger partial charge >= 0.3 is 17.9 Å². The van der Waals surface area contributed by atoms with Gasteiger partial charge in [0, 0.05) is 19.3 Å². The van der Waals surface area contributed by atoms with Crippen LogP contribution in [-0.2, 0) is 28.6 Å². The van der Waals surface area contributed by atoms with Crippen molar-refractivity contribution in [3.8, 4) is 0 Å². The molecule has 6 nitrogen and oxygen atoms in total. The van der Waals surface area contributed by atoms with Crippen molar-refractivity contribution in [3.63, 3.8) is 0 Å². The summed E-state index contributed by atoms with van der Waals surface area (Å²) in [6, 6.07) is 0. The Morgan fingerprint density at radius 1 is 0.254 bits per heavy atom. The smallest absolute Gasteiger partial charge is 0.306 e. The average molecular weight is 892 g/mol. The predicted molar refractivity (Wildman–Crippen MR) is 270 cm³/mol. The van der Waals surface area contributed by atoms with E-state index in [9.17, 15) is 14.4 Å². The highest BCUT2D eigenvalue weighted by Crippen LogP contribution is 2.18. The number of ether oxygens (including phenoxy) is 3. The molecule has 374 valence electrons. The van der Waals surface area contributed by atoms with Crippen molar-refractivity contribution in [2.45, 2.75) is 335 Å². The molecule has 0 aliphatic rings. The molecule has 6 heteroatoms. The van der Waals surface area contributed by atoms with Gasteiger partial charge in [-0.15, -0.1) is 0 Å². The van der Waals surface area contributed by atoms with Crippen molar-refractivity contribution in [1.29, 1.82) is 0 Å². The fourth-order valence-corrected chi connectivity index (χ4v) is 8.80. The van der Waals surface area contributed by atoms with Crippen LogP contribution in [-0.4, -0.2) is 37.2 Å². The third kappa shape index (κ3) is 51.3. The van der Waals surface area contributed by atoms with Crippen molar-refractivity contribution < 1.29 is 28.6 Å². The van der Waals surface area contributed by atoms with E-state index in [2.05, 4.69) is 20.8 Å². The van der Waals surface area contributed by atoms with Crippen LogP contribution in [0.5, 0.6) is 0 Å². The summed E-state index contributed by atoms with van der Waals surface area (Å²) in [5.74, 6) is -0.836. The van der Waals surface area contributed by atoms with Crippen LogP contribution in [0.3, 0.4) is 0 Å². The molecule has 0 fully saturated rings. The average Bonchev–Trinajstić information content (AvgIpc) is 3.28. The topological polar surface area (TPSA) is 78.9 Å². The Morgan fingerprint density at radius 2 is 0.429 bits per heavy atom. The number of carbonyl (C=O) groups excluding carboxylic acids is 3. The Labute approximate surface area is 393 Å². The minimum absolute atomic E-state index is 0.0614. The molecule has 0 aromatic heterocycles. The van der Waals surface area contributed by atoms with Crippen LogP contribution in [0.1, 0.15) is 329 Å². The summed E-state index contributed by atoms with van der Waals surface area (Å²) in [6.07, 6.45) is 58.1. The molecule has 0 amide bonds. The Balaban J connectivity index is 4.20. The predicted octanol–water partition coefficient (Wildman–Crippen LogP) is 18.8. The van der Waals surface area contributed by atoms with Crippen molar-refractivity contribution >= 4 is 17.9 Å². The first kappa shape index (κ1) is 61.4. The van der Waals surface area contributed by atoms with Gasteiger partial charge in [0.05, 0.1) is 0 Å². The van der Waals surface area contributed by atoms with Crippen molar-refractivity contribution in [1.82, 2.24) is 0 Å². The Bertz CT molecular complexity index is 936. The maximum atomic E-state index is 12.8. The van der Waals surface area contributed by atoms with Crippen LogP contribution in [0.2, 0.25) is 0 Å².